The van der Waals surface area contributed by atoms with Crippen LogP contribution >= 0.6 is 0 Å². The smallest absolute Gasteiger partial charge is 0.343 e. The number of esters is 1. The van der Waals surface area contributed by atoms with Crippen LogP contribution in [0, 0.1) is 0 Å². The van der Waals surface area contributed by atoms with Gasteiger partial charge in [0.1, 0.15) is 11.5 Å². The first-order chi connectivity index (χ1) is 12.3. The molecule has 140 valence electrons. The highest BCUT2D eigenvalue weighted by Gasteiger charge is 2.18. The van der Waals surface area contributed by atoms with Crippen molar-refractivity contribution in [3.8, 4) is 11.5 Å². The number of carbonyl (C=O) groups is 1. The van der Waals surface area contributed by atoms with Gasteiger partial charge in [0, 0.05) is 6.04 Å². The van der Waals surface area contributed by atoms with E-state index < -0.39 is 16.0 Å². The standard InChI is InChI=1S/C19H23NO5S/c1-4-12-24-16-8-10-17(11-9-16)25-19(21)15-6-5-7-18(13-15)26(22,23)20-14(2)3/h5-11,13-14,20H,4,12H2,1-3H3. The second-order valence-corrected chi connectivity index (χ2v) is 7.73. The van der Waals surface area contributed by atoms with Crippen molar-refractivity contribution in [1.82, 2.24) is 4.72 Å². The molecule has 2 aromatic carbocycles. The molecule has 0 spiro atoms. The zero-order chi connectivity index (χ0) is 19.2. The first-order valence-corrected chi connectivity index (χ1v) is 9.87. The minimum Gasteiger partial charge on any atom is -0.494 e. The highest BCUT2D eigenvalue weighted by Crippen LogP contribution is 2.20. The average molecular weight is 377 g/mol. The van der Waals surface area contributed by atoms with Crippen LogP contribution in [0.3, 0.4) is 0 Å². The maximum absolute atomic E-state index is 12.3. The lowest BCUT2D eigenvalue weighted by molar-refractivity contribution is 0.0734. The topological polar surface area (TPSA) is 81.7 Å². The third-order valence-electron chi connectivity index (χ3n) is 3.28. The summed E-state index contributed by atoms with van der Waals surface area (Å²) in [5.41, 5.74) is 0.156. The molecule has 0 aliphatic heterocycles. The molecule has 0 unspecified atom stereocenters. The third-order valence-corrected chi connectivity index (χ3v) is 4.93. The van der Waals surface area contributed by atoms with Crippen LogP contribution in [-0.2, 0) is 10.0 Å². The van der Waals surface area contributed by atoms with E-state index in [1.807, 2.05) is 6.92 Å². The van der Waals surface area contributed by atoms with E-state index in [9.17, 15) is 13.2 Å². The van der Waals surface area contributed by atoms with Crippen molar-refractivity contribution in [3.63, 3.8) is 0 Å². The summed E-state index contributed by atoms with van der Waals surface area (Å²) in [6.45, 7) is 6.08. The van der Waals surface area contributed by atoms with Crippen LogP contribution in [0.1, 0.15) is 37.6 Å². The molecule has 0 heterocycles. The molecule has 0 bridgehead atoms. The van der Waals surface area contributed by atoms with Crippen LogP contribution in [0.5, 0.6) is 11.5 Å². The van der Waals surface area contributed by atoms with Gasteiger partial charge < -0.3 is 9.47 Å². The Morgan fingerprint density at radius 3 is 2.35 bits per heavy atom. The number of ether oxygens (including phenoxy) is 2. The fourth-order valence-electron chi connectivity index (χ4n) is 2.16. The minimum atomic E-state index is -3.68. The van der Waals surface area contributed by atoms with E-state index >= 15 is 0 Å². The summed E-state index contributed by atoms with van der Waals surface area (Å²) in [6, 6.07) is 12.2. The van der Waals surface area contributed by atoms with Crippen molar-refractivity contribution in [2.45, 2.75) is 38.1 Å². The normalized spacial score (nSPS) is 11.4. The molecule has 7 heteroatoms. The van der Waals surface area contributed by atoms with E-state index in [0.717, 1.165) is 6.42 Å². The molecular weight excluding hydrogens is 354 g/mol. The summed E-state index contributed by atoms with van der Waals surface area (Å²) in [7, 11) is -3.68. The Bertz CT molecular complexity index is 844. The molecule has 0 fully saturated rings. The van der Waals surface area contributed by atoms with Crippen molar-refractivity contribution in [3.05, 3.63) is 54.1 Å². The number of benzene rings is 2. The number of hydrogen-bond acceptors (Lipinski definition) is 5. The van der Waals surface area contributed by atoms with Gasteiger partial charge in [0.25, 0.3) is 0 Å². The zero-order valence-electron chi connectivity index (χ0n) is 15.1. The highest BCUT2D eigenvalue weighted by atomic mass is 32.2. The van der Waals surface area contributed by atoms with E-state index in [2.05, 4.69) is 4.72 Å². The molecule has 0 aliphatic rings. The predicted molar refractivity (Wildman–Crippen MR) is 99.1 cm³/mol. The predicted octanol–water partition coefficient (Wildman–Crippen LogP) is 3.38. The van der Waals surface area contributed by atoms with Crippen LogP contribution in [0.4, 0.5) is 0 Å². The Hall–Kier alpha value is -2.38. The molecule has 0 aromatic heterocycles. The van der Waals surface area contributed by atoms with E-state index in [1.54, 1.807) is 38.1 Å². The molecule has 0 atom stereocenters. The van der Waals surface area contributed by atoms with E-state index in [1.165, 1.54) is 24.3 Å². The van der Waals surface area contributed by atoms with Crippen LogP contribution in [0.25, 0.3) is 0 Å². The Morgan fingerprint density at radius 1 is 1.08 bits per heavy atom. The van der Waals surface area contributed by atoms with Gasteiger partial charge in [-0.3, -0.25) is 0 Å². The first kappa shape index (κ1) is 19.9. The lowest BCUT2D eigenvalue weighted by Gasteiger charge is -2.11. The summed E-state index contributed by atoms with van der Waals surface area (Å²) in [6.07, 6.45) is 0.904. The largest absolute Gasteiger partial charge is 0.494 e. The van der Waals surface area contributed by atoms with Gasteiger partial charge in [0.2, 0.25) is 10.0 Å². The van der Waals surface area contributed by atoms with Gasteiger partial charge in [0.15, 0.2) is 0 Å². The average Bonchev–Trinajstić information content (AvgIpc) is 2.60. The zero-order valence-corrected chi connectivity index (χ0v) is 15.9. The molecule has 2 aromatic rings. The Balaban J connectivity index is 2.11. The van der Waals surface area contributed by atoms with Crippen LogP contribution in [-0.4, -0.2) is 27.0 Å². The van der Waals surface area contributed by atoms with Crippen molar-refractivity contribution >= 4 is 16.0 Å². The molecular formula is C19H23NO5S. The number of nitrogens with one attached hydrogen (secondary N) is 1. The number of carbonyl (C=O) groups excluding carboxylic acids is 1. The fourth-order valence-corrected chi connectivity index (χ4v) is 3.45. The maximum Gasteiger partial charge on any atom is 0.343 e. The van der Waals surface area contributed by atoms with E-state index in [-0.39, 0.29) is 16.5 Å². The summed E-state index contributed by atoms with van der Waals surface area (Å²) in [5.74, 6) is 0.417. The lowest BCUT2D eigenvalue weighted by Crippen LogP contribution is -2.30. The second kappa shape index (κ2) is 8.82. The van der Waals surface area contributed by atoms with Crippen molar-refractivity contribution < 1.29 is 22.7 Å². The highest BCUT2D eigenvalue weighted by molar-refractivity contribution is 7.89. The van der Waals surface area contributed by atoms with Gasteiger partial charge in [-0.15, -0.1) is 0 Å². The first-order valence-electron chi connectivity index (χ1n) is 8.39. The van der Waals surface area contributed by atoms with Crippen LogP contribution in [0.15, 0.2) is 53.4 Å². The quantitative estimate of drug-likeness (QED) is 0.563. The van der Waals surface area contributed by atoms with Crippen molar-refractivity contribution in [2.24, 2.45) is 0 Å². The lowest BCUT2D eigenvalue weighted by atomic mass is 10.2. The molecule has 0 saturated carbocycles. The van der Waals surface area contributed by atoms with Crippen LogP contribution in [0.2, 0.25) is 0 Å². The van der Waals surface area contributed by atoms with E-state index in [4.69, 9.17) is 9.47 Å². The van der Waals surface area contributed by atoms with Gasteiger partial charge in [-0.05, 0) is 62.7 Å². The molecule has 0 saturated heterocycles. The molecule has 2 rings (SSSR count). The van der Waals surface area contributed by atoms with Gasteiger partial charge >= 0.3 is 5.97 Å². The molecule has 1 N–H and O–H groups in total. The fraction of sp³-hybridized carbons (Fsp3) is 0.316. The number of rotatable bonds is 8. The summed E-state index contributed by atoms with van der Waals surface area (Å²) < 4.78 is 37.7. The summed E-state index contributed by atoms with van der Waals surface area (Å²) in [4.78, 5) is 12.3. The van der Waals surface area contributed by atoms with Crippen molar-refractivity contribution in [2.75, 3.05) is 6.61 Å². The van der Waals surface area contributed by atoms with Crippen molar-refractivity contribution in [1.29, 1.82) is 0 Å². The van der Waals surface area contributed by atoms with Gasteiger partial charge in [-0.2, -0.15) is 0 Å². The minimum absolute atomic E-state index is 0.0176. The molecule has 0 amide bonds. The summed E-state index contributed by atoms with van der Waals surface area (Å²) in [5, 5.41) is 0. The third kappa shape index (κ3) is 5.57. The number of hydrogen-bond donors (Lipinski definition) is 1. The van der Waals surface area contributed by atoms with Gasteiger partial charge in [0.05, 0.1) is 17.1 Å². The molecule has 0 aliphatic carbocycles. The Morgan fingerprint density at radius 2 is 1.73 bits per heavy atom. The molecule has 6 nitrogen and oxygen atoms in total. The number of sulfonamides is 1. The summed E-state index contributed by atoms with van der Waals surface area (Å²) >= 11 is 0. The Labute approximate surface area is 154 Å². The maximum atomic E-state index is 12.3. The van der Waals surface area contributed by atoms with Gasteiger partial charge in [-0.25, -0.2) is 17.9 Å². The second-order valence-electron chi connectivity index (χ2n) is 6.01. The van der Waals surface area contributed by atoms with E-state index in [0.29, 0.717) is 18.1 Å². The van der Waals surface area contributed by atoms with Gasteiger partial charge in [-0.1, -0.05) is 13.0 Å². The SMILES string of the molecule is CCCOc1ccc(OC(=O)c2cccc(S(=O)(=O)NC(C)C)c2)cc1. The Kier molecular flexibility index (Phi) is 6.76. The molecule has 0 radical (unpaired) electrons. The van der Waals surface area contributed by atoms with Crippen LogP contribution < -0.4 is 14.2 Å². The monoisotopic (exact) mass is 377 g/mol. The molecule has 26 heavy (non-hydrogen) atoms.